The highest BCUT2D eigenvalue weighted by molar-refractivity contribution is 5.84. The van der Waals surface area contributed by atoms with E-state index < -0.39 is 0 Å². The topological polar surface area (TPSA) is 48.9 Å². The zero-order valence-electron chi connectivity index (χ0n) is 22.6. The summed E-state index contributed by atoms with van der Waals surface area (Å²) >= 11 is 0. The minimum Gasteiger partial charge on any atom is -0.507 e. The molecule has 4 aromatic rings. The Morgan fingerprint density at radius 1 is 0.714 bits per heavy atom. The molecule has 0 bridgehead atoms. The van der Waals surface area contributed by atoms with E-state index in [-0.39, 0.29) is 10.8 Å². The van der Waals surface area contributed by atoms with Crippen LogP contribution in [0.5, 0.6) is 5.75 Å². The van der Waals surface area contributed by atoms with Gasteiger partial charge in [0.1, 0.15) is 11.6 Å². The maximum Gasteiger partial charge on any atom is 0.138 e. The predicted molar refractivity (Wildman–Crippen MR) is 148 cm³/mol. The second kappa shape index (κ2) is 8.71. The maximum atomic E-state index is 11.2. The number of phenols is 1. The van der Waals surface area contributed by atoms with Gasteiger partial charge in [-0.1, -0.05) is 89.6 Å². The molecule has 0 fully saturated rings. The molecule has 3 heteroatoms. The Morgan fingerprint density at radius 2 is 1.23 bits per heavy atom. The lowest BCUT2D eigenvalue weighted by molar-refractivity contribution is 0.423. The molecule has 0 saturated heterocycles. The Morgan fingerprint density at radius 3 is 1.71 bits per heavy atom. The van der Waals surface area contributed by atoms with E-state index in [0.29, 0.717) is 5.75 Å². The van der Waals surface area contributed by atoms with E-state index in [0.717, 1.165) is 39.5 Å². The van der Waals surface area contributed by atoms with Crippen molar-refractivity contribution < 1.29 is 5.11 Å². The number of hydrogen-bond donors (Lipinski definition) is 2. The standard InChI is InChI=1S/C32H38N2O/c1-19-15-20(2)26(21(3)16-19)28-27(22-13-11-10-12-14-22)33-30(34-28)23-17-24(31(4,5)6)29(35)25(18-23)32(7,8)9/h10-18,35H,1-9H3,(H,33,34). The zero-order valence-corrected chi connectivity index (χ0v) is 22.6. The number of H-pyrrole nitrogens is 1. The van der Waals surface area contributed by atoms with E-state index in [9.17, 15) is 5.11 Å². The van der Waals surface area contributed by atoms with Gasteiger partial charge in [-0.05, 0) is 54.9 Å². The van der Waals surface area contributed by atoms with Crippen molar-refractivity contribution in [3.63, 3.8) is 0 Å². The summed E-state index contributed by atoms with van der Waals surface area (Å²) in [6, 6.07) is 19.0. The lowest BCUT2D eigenvalue weighted by atomic mass is 9.78. The molecule has 2 N–H and O–H groups in total. The van der Waals surface area contributed by atoms with Gasteiger partial charge in [-0.3, -0.25) is 0 Å². The third kappa shape index (κ3) is 4.77. The molecule has 3 aromatic carbocycles. The third-order valence-corrected chi connectivity index (χ3v) is 6.68. The molecule has 0 saturated carbocycles. The van der Waals surface area contributed by atoms with E-state index in [1.165, 1.54) is 22.3 Å². The van der Waals surface area contributed by atoms with Gasteiger partial charge in [0.15, 0.2) is 0 Å². The number of nitrogens with zero attached hydrogens (tertiary/aromatic N) is 1. The summed E-state index contributed by atoms with van der Waals surface area (Å²) < 4.78 is 0. The fraction of sp³-hybridized carbons (Fsp3) is 0.344. The average molecular weight is 467 g/mol. The molecule has 0 aliphatic heterocycles. The van der Waals surface area contributed by atoms with Crippen molar-refractivity contribution in [2.75, 3.05) is 0 Å². The van der Waals surface area contributed by atoms with E-state index in [1.54, 1.807) is 0 Å². The molecule has 0 unspecified atom stereocenters. The molecule has 1 aromatic heterocycles. The maximum absolute atomic E-state index is 11.2. The summed E-state index contributed by atoms with van der Waals surface area (Å²) in [6.45, 7) is 19.3. The Balaban J connectivity index is 2.04. The number of phenolic OH excluding ortho intramolecular Hbond substituents is 1. The van der Waals surface area contributed by atoms with Crippen molar-refractivity contribution in [2.24, 2.45) is 0 Å². The van der Waals surface area contributed by atoms with Crippen LogP contribution in [0.3, 0.4) is 0 Å². The first-order valence-corrected chi connectivity index (χ1v) is 12.4. The predicted octanol–water partition coefficient (Wildman–Crippen LogP) is 8.64. The Hall–Kier alpha value is -3.33. The van der Waals surface area contributed by atoms with Crippen LogP contribution in [0.25, 0.3) is 33.9 Å². The van der Waals surface area contributed by atoms with Crippen LogP contribution in [0, 0.1) is 20.8 Å². The molecular weight excluding hydrogens is 428 g/mol. The van der Waals surface area contributed by atoms with Crippen molar-refractivity contribution >= 4 is 0 Å². The first kappa shape index (κ1) is 24.8. The number of hydrogen-bond acceptors (Lipinski definition) is 2. The number of imidazole rings is 1. The normalized spacial score (nSPS) is 12.3. The Kier molecular flexibility index (Phi) is 6.17. The molecule has 35 heavy (non-hydrogen) atoms. The molecule has 4 rings (SSSR count). The molecule has 0 aliphatic carbocycles. The van der Waals surface area contributed by atoms with Gasteiger partial charge >= 0.3 is 0 Å². The van der Waals surface area contributed by atoms with Crippen LogP contribution in [0.1, 0.15) is 69.4 Å². The zero-order chi connectivity index (χ0) is 25.7. The molecule has 0 atom stereocenters. The molecule has 1 heterocycles. The number of aromatic amines is 1. The number of rotatable bonds is 3. The first-order valence-electron chi connectivity index (χ1n) is 12.4. The van der Waals surface area contributed by atoms with E-state index in [2.05, 4.69) is 116 Å². The second-order valence-corrected chi connectivity index (χ2v) is 11.9. The van der Waals surface area contributed by atoms with Crippen LogP contribution < -0.4 is 0 Å². The van der Waals surface area contributed by atoms with Gasteiger partial charge in [-0.2, -0.15) is 0 Å². The van der Waals surface area contributed by atoms with Crippen molar-refractivity contribution in [2.45, 2.75) is 73.1 Å². The average Bonchev–Trinajstić information content (AvgIpc) is 3.17. The summed E-state index contributed by atoms with van der Waals surface area (Å²) in [7, 11) is 0. The van der Waals surface area contributed by atoms with Crippen molar-refractivity contribution in [3.05, 3.63) is 82.4 Å². The van der Waals surface area contributed by atoms with Crippen molar-refractivity contribution in [3.8, 4) is 39.7 Å². The highest BCUT2D eigenvalue weighted by atomic mass is 16.3. The fourth-order valence-corrected chi connectivity index (χ4v) is 4.97. The van der Waals surface area contributed by atoms with E-state index >= 15 is 0 Å². The van der Waals surface area contributed by atoms with Crippen LogP contribution in [0.4, 0.5) is 0 Å². The minimum absolute atomic E-state index is 0.206. The van der Waals surface area contributed by atoms with E-state index in [4.69, 9.17) is 4.98 Å². The number of aromatic hydroxyl groups is 1. The summed E-state index contributed by atoms with van der Waals surface area (Å²) in [5.74, 6) is 1.20. The van der Waals surface area contributed by atoms with Gasteiger partial charge in [0, 0.05) is 27.8 Å². The monoisotopic (exact) mass is 466 g/mol. The number of benzene rings is 3. The van der Waals surface area contributed by atoms with Crippen LogP contribution in [-0.2, 0) is 10.8 Å². The van der Waals surface area contributed by atoms with Crippen LogP contribution in [0.2, 0.25) is 0 Å². The molecule has 0 aliphatic rings. The largest absolute Gasteiger partial charge is 0.507 e. The summed E-state index contributed by atoms with van der Waals surface area (Å²) in [4.78, 5) is 8.88. The Bertz CT molecular complexity index is 1320. The fourth-order valence-electron chi connectivity index (χ4n) is 4.97. The van der Waals surface area contributed by atoms with Gasteiger partial charge < -0.3 is 10.1 Å². The van der Waals surface area contributed by atoms with Crippen molar-refractivity contribution in [1.82, 2.24) is 9.97 Å². The Labute approximate surface area is 210 Å². The lowest BCUT2D eigenvalue weighted by Gasteiger charge is -2.28. The molecule has 3 nitrogen and oxygen atoms in total. The third-order valence-electron chi connectivity index (χ3n) is 6.68. The second-order valence-electron chi connectivity index (χ2n) is 11.9. The lowest BCUT2D eigenvalue weighted by Crippen LogP contribution is -2.17. The summed E-state index contributed by atoms with van der Waals surface area (Å²) in [5, 5.41) is 11.2. The number of aromatic nitrogens is 2. The van der Waals surface area contributed by atoms with Gasteiger partial charge in [-0.15, -0.1) is 0 Å². The van der Waals surface area contributed by atoms with Crippen LogP contribution in [0.15, 0.2) is 54.6 Å². The molecule has 0 amide bonds. The number of aryl methyl sites for hydroxylation is 3. The summed E-state index contributed by atoms with van der Waals surface area (Å²) in [5.41, 5.74) is 10.4. The van der Waals surface area contributed by atoms with Gasteiger partial charge in [0.25, 0.3) is 0 Å². The molecular formula is C32H38N2O. The quantitative estimate of drug-likeness (QED) is 0.317. The van der Waals surface area contributed by atoms with Gasteiger partial charge in [0.2, 0.25) is 0 Å². The molecule has 0 spiro atoms. The van der Waals surface area contributed by atoms with Gasteiger partial charge in [-0.25, -0.2) is 4.98 Å². The van der Waals surface area contributed by atoms with E-state index in [1.807, 2.05) is 6.07 Å². The van der Waals surface area contributed by atoms with Crippen LogP contribution >= 0.6 is 0 Å². The highest BCUT2D eigenvalue weighted by Crippen LogP contribution is 2.43. The van der Waals surface area contributed by atoms with Gasteiger partial charge in [0.05, 0.1) is 11.4 Å². The van der Waals surface area contributed by atoms with Crippen LogP contribution in [-0.4, -0.2) is 15.1 Å². The SMILES string of the molecule is Cc1cc(C)c(-c2nc(-c3cc(C(C)(C)C)c(O)c(C(C)(C)C)c3)[nH]c2-c2ccccc2)c(C)c1. The van der Waals surface area contributed by atoms with Crippen molar-refractivity contribution in [1.29, 1.82) is 0 Å². The first-order chi connectivity index (χ1) is 16.3. The summed E-state index contributed by atoms with van der Waals surface area (Å²) in [6.07, 6.45) is 0. The minimum atomic E-state index is -0.206. The number of nitrogens with one attached hydrogen (secondary N) is 1. The smallest absolute Gasteiger partial charge is 0.138 e. The highest BCUT2D eigenvalue weighted by Gasteiger charge is 2.28. The molecule has 0 radical (unpaired) electrons. The molecule has 182 valence electrons.